The van der Waals surface area contributed by atoms with Gasteiger partial charge in [0.05, 0.1) is 5.70 Å². The Morgan fingerprint density at radius 1 is 1.54 bits per heavy atom. The SMILES string of the molecule is CC1=CC2=C(C=CC1)OCC(=O)N2. The van der Waals surface area contributed by atoms with Crippen molar-refractivity contribution < 1.29 is 9.53 Å². The molecule has 2 rings (SSSR count). The minimum absolute atomic E-state index is 0.0851. The molecule has 0 bridgehead atoms. The van der Waals surface area contributed by atoms with Gasteiger partial charge in [0, 0.05) is 0 Å². The molecule has 1 aliphatic heterocycles. The lowest BCUT2D eigenvalue weighted by Gasteiger charge is -2.17. The first kappa shape index (κ1) is 8.10. The van der Waals surface area contributed by atoms with Crippen LogP contribution >= 0.6 is 0 Å². The van der Waals surface area contributed by atoms with Crippen molar-refractivity contribution in [2.24, 2.45) is 0 Å². The van der Waals surface area contributed by atoms with Crippen LogP contribution in [0, 0.1) is 0 Å². The molecule has 0 aromatic rings. The number of rotatable bonds is 0. The van der Waals surface area contributed by atoms with Gasteiger partial charge in [0.2, 0.25) is 0 Å². The lowest BCUT2D eigenvalue weighted by atomic mass is 10.2. The molecule has 3 heteroatoms. The van der Waals surface area contributed by atoms with E-state index in [1.54, 1.807) is 0 Å². The Kier molecular flexibility index (Phi) is 1.93. The van der Waals surface area contributed by atoms with Crippen molar-refractivity contribution >= 4 is 5.91 Å². The van der Waals surface area contributed by atoms with Crippen molar-refractivity contribution in [2.45, 2.75) is 13.3 Å². The van der Waals surface area contributed by atoms with E-state index in [2.05, 4.69) is 5.32 Å². The van der Waals surface area contributed by atoms with Gasteiger partial charge in [0.25, 0.3) is 5.91 Å². The molecule has 0 aromatic carbocycles. The number of carbonyl (C=O) groups excluding carboxylic acids is 1. The molecular weight excluding hydrogens is 166 g/mol. The molecule has 0 fully saturated rings. The average molecular weight is 177 g/mol. The Morgan fingerprint density at radius 3 is 3.23 bits per heavy atom. The summed E-state index contributed by atoms with van der Waals surface area (Å²) in [6.45, 7) is 2.15. The molecule has 1 N–H and O–H groups in total. The minimum atomic E-state index is -0.0851. The summed E-state index contributed by atoms with van der Waals surface area (Å²) in [5, 5.41) is 2.78. The van der Waals surface area contributed by atoms with Crippen LogP contribution in [0.4, 0.5) is 0 Å². The predicted molar refractivity (Wildman–Crippen MR) is 48.6 cm³/mol. The Labute approximate surface area is 76.8 Å². The second kappa shape index (κ2) is 3.09. The quantitative estimate of drug-likeness (QED) is 0.604. The summed E-state index contributed by atoms with van der Waals surface area (Å²) >= 11 is 0. The molecule has 1 aliphatic carbocycles. The van der Waals surface area contributed by atoms with Gasteiger partial charge in [-0.3, -0.25) is 4.79 Å². The van der Waals surface area contributed by atoms with Gasteiger partial charge in [0.15, 0.2) is 6.61 Å². The van der Waals surface area contributed by atoms with E-state index in [-0.39, 0.29) is 12.5 Å². The fraction of sp³-hybridized carbons (Fsp3) is 0.300. The molecule has 2 aliphatic rings. The molecule has 0 radical (unpaired) electrons. The zero-order valence-electron chi connectivity index (χ0n) is 7.46. The van der Waals surface area contributed by atoms with Crippen molar-refractivity contribution in [3.8, 4) is 0 Å². The van der Waals surface area contributed by atoms with Gasteiger partial charge < -0.3 is 10.1 Å². The molecule has 0 saturated carbocycles. The first-order chi connectivity index (χ1) is 6.25. The Bertz CT molecular complexity index is 337. The van der Waals surface area contributed by atoms with Gasteiger partial charge in [-0.1, -0.05) is 11.6 Å². The molecule has 1 amide bonds. The molecule has 0 atom stereocenters. The van der Waals surface area contributed by atoms with E-state index in [0.29, 0.717) is 0 Å². The zero-order chi connectivity index (χ0) is 9.26. The second-order valence-electron chi connectivity index (χ2n) is 3.21. The summed E-state index contributed by atoms with van der Waals surface area (Å²) in [7, 11) is 0. The summed E-state index contributed by atoms with van der Waals surface area (Å²) in [5.74, 6) is 0.676. The van der Waals surface area contributed by atoms with E-state index in [9.17, 15) is 4.79 Å². The highest BCUT2D eigenvalue weighted by Crippen LogP contribution is 2.18. The number of carbonyl (C=O) groups is 1. The van der Waals surface area contributed by atoms with E-state index in [0.717, 1.165) is 17.9 Å². The molecule has 3 nitrogen and oxygen atoms in total. The van der Waals surface area contributed by atoms with Crippen LogP contribution in [0.2, 0.25) is 0 Å². The summed E-state index contributed by atoms with van der Waals surface area (Å²) in [5.41, 5.74) is 1.99. The Morgan fingerprint density at radius 2 is 2.38 bits per heavy atom. The van der Waals surface area contributed by atoms with Crippen molar-refractivity contribution in [1.82, 2.24) is 5.32 Å². The summed E-state index contributed by atoms with van der Waals surface area (Å²) in [4.78, 5) is 11.0. The molecule has 0 aromatic heterocycles. The molecule has 0 saturated heterocycles. The molecular formula is C10H11NO2. The standard InChI is InChI=1S/C10H11NO2/c1-7-3-2-4-9-8(5-7)11-10(12)6-13-9/h2,4-5H,3,6H2,1H3,(H,11,12). The minimum Gasteiger partial charge on any atom is -0.482 e. The van der Waals surface area contributed by atoms with Crippen LogP contribution in [0.1, 0.15) is 13.3 Å². The fourth-order valence-corrected chi connectivity index (χ4v) is 1.37. The fourth-order valence-electron chi connectivity index (χ4n) is 1.37. The summed E-state index contributed by atoms with van der Waals surface area (Å²) in [6, 6.07) is 0. The van der Waals surface area contributed by atoms with E-state index in [1.165, 1.54) is 5.57 Å². The van der Waals surface area contributed by atoms with E-state index in [1.807, 2.05) is 25.2 Å². The third-order valence-corrected chi connectivity index (χ3v) is 2.00. The third kappa shape index (κ3) is 1.64. The van der Waals surface area contributed by atoms with Crippen LogP contribution in [0.15, 0.2) is 35.3 Å². The number of hydrogen-bond donors (Lipinski definition) is 1. The number of ether oxygens (including phenoxy) is 1. The number of hydrogen-bond acceptors (Lipinski definition) is 2. The first-order valence-corrected chi connectivity index (χ1v) is 4.26. The van der Waals surface area contributed by atoms with E-state index in [4.69, 9.17) is 4.74 Å². The topological polar surface area (TPSA) is 38.3 Å². The third-order valence-electron chi connectivity index (χ3n) is 2.00. The van der Waals surface area contributed by atoms with Gasteiger partial charge in [0.1, 0.15) is 5.76 Å². The van der Waals surface area contributed by atoms with Crippen molar-refractivity contribution in [2.75, 3.05) is 6.61 Å². The largest absolute Gasteiger partial charge is 0.482 e. The van der Waals surface area contributed by atoms with E-state index >= 15 is 0 Å². The first-order valence-electron chi connectivity index (χ1n) is 4.26. The van der Waals surface area contributed by atoms with Gasteiger partial charge in [-0.15, -0.1) is 0 Å². The lowest BCUT2D eigenvalue weighted by molar-refractivity contribution is -0.124. The van der Waals surface area contributed by atoms with Crippen LogP contribution in [-0.2, 0) is 9.53 Å². The Balaban J connectivity index is 2.37. The van der Waals surface area contributed by atoms with Crippen LogP contribution in [0.5, 0.6) is 0 Å². The van der Waals surface area contributed by atoms with Gasteiger partial charge in [-0.25, -0.2) is 0 Å². The van der Waals surface area contributed by atoms with Crippen LogP contribution < -0.4 is 5.32 Å². The highest BCUT2D eigenvalue weighted by molar-refractivity contribution is 5.81. The van der Waals surface area contributed by atoms with Gasteiger partial charge in [-0.2, -0.15) is 0 Å². The number of nitrogens with one attached hydrogen (secondary N) is 1. The van der Waals surface area contributed by atoms with Crippen LogP contribution in [-0.4, -0.2) is 12.5 Å². The smallest absolute Gasteiger partial charge is 0.262 e. The van der Waals surface area contributed by atoms with Crippen molar-refractivity contribution in [1.29, 1.82) is 0 Å². The summed E-state index contributed by atoms with van der Waals surface area (Å²) < 4.78 is 5.26. The van der Waals surface area contributed by atoms with Gasteiger partial charge in [-0.05, 0) is 25.5 Å². The lowest BCUT2D eigenvalue weighted by Crippen LogP contribution is -2.31. The maximum Gasteiger partial charge on any atom is 0.262 e. The molecule has 1 heterocycles. The summed E-state index contributed by atoms with van der Waals surface area (Å²) in [6.07, 6.45) is 6.80. The highest BCUT2D eigenvalue weighted by atomic mass is 16.5. The maximum absolute atomic E-state index is 11.0. The van der Waals surface area contributed by atoms with E-state index < -0.39 is 0 Å². The average Bonchev–Trinajstić information content (AvgIpc) is 2.25. The van der Waals surface area contributed by atoms with Gasteiger partial charge >= 0.3 is 0 Å². The molecule has 13 heavy (non-hydrogen) atoms. The van der Waals surface area contributed by atoms with Crippen molar-refractivity contribution in [3.05, 3.63) is 35.3 Å². The normalized spacial score (nSPS) is 21.3. The number of allylic oxidation sites excluding steroid dienone is 4. The van der Waals surface area contributed by atoms with Crippen molar-refractivity contribution in [3.63, 3.8) is 0 Å². The second-order valence-corrected chi connectivity index (χ2v) is 3.21. The monoisotopic (exact) mass is 177 g/mol. The van der Waals surface area contributed by atoms with Crippen LogP contribution in [0.3, 0.4) is 0 Å². The molecule has 0 spiro atoms. The Hall–Kier alpha value is -1.51. The molecule has 0 unspecified atom stereocenters. The highest BCUT2D eigenvalue weighted by Gasteiger charge is 2.16. The molecule has 68 valence electrons. The number of amides is 1. The predicted octanol–water partition coefficient (Wildman–Crippen LogP) is 1.25. The van der Waals surface area contributed by atoms with Crippen LogP contribution in [0.25, 0.3) is 0 Å². The zero-order valence-corrected chi connectivity index (χ0v) is 7.46. The maximum atomic E-state index is 11.0.